The fourth-order valence-electron chi connectivity index (χ4n) is 1.93. The molecule has 2 rings (SSSR count). The van der Waals surface area contributed by atoms with E-state index < -0.39 is 0 Å². The summed E-state index contributed by atoms with van der Waals surface area (Å²) >= 11 is 0. The summed E-state index contributed by atoms with van der Waals surface area (Å²) < 4.78 is 5.44. The number of amidine groups is 1. The van der Waals surface area contributed by atoms with Crippen molar-refractivity contribution in [3.8, 4) is 0 Å². The molecule has 0 aromatic heterocycles. The lowest BCUT2D eigenvalue weighted by molar-refractivity contribution is 0.00141. The van der Waals surface area contributed by atoms with Crippen LogP contribution in [-0.2, 0) is 11.3 Å². The number of benzene rings is 1. The summed E-state index contributed by atoms with van der Waals surface area (Å²) in [6.45, 7) is 2.99. The smallest absolute Gasteiger partial charge is 0.169 e. The molecular formula is C12H17N3O2. The molecule has 0 saturated carbocycles. The van der Waals surface area contributed by atoms with E-state index in [2.05, 4.69) is 22.2 Å². The zero-order valence-electron chi connectivity index (χ0n) is 9.62. The number of rotatable bonds is 3. The number of ether oxygens (including phenoxy) is 1. The van der Waals surface area contributed by atoms with E-state index in [0.717, 1.165) is 13.1 Å². The maximum absolute atomic E-state index is 8.63. The standard InChI is InChI=1S/C12H17N3O2/c13-12(14-16)11-9-15(6-7-17-11)8-10-4-2-1-3-5-10/h1-5,11,16H,6-9H2,(H2,13,14)/t11-/m0/s1. The van der Waals surface area contributed by atoms with Crippen molar-refractivity contribution in [1.29, 1.82) is 0 Å². The first-order chi connectivity index (χ1) is 8.29. The third kappa shape index (κ3) is 3.18. The van der Waals surface area contributed by atoms with E-state index in [9.17, 15) is 0 Å². The van der Waals surface area contributed by atoms with Crippen molar-refractivity contribution in [3.63, 3.8) is 0 Å². The summed E-state index contributed by atoms with van der Waals surface area (Å²) in [5, 5.41) is 11.6. The van der Waals surface area contributed by atoms with Crippen molar-refractivity contribution in [1.82, 2.24) is 4.90 Å². The lowest BCUT2D eigenvalue weighted by Gasteiger charge is -2.32. The van der Waals surface area contributed by atoms with Crippen LogP contribution in [0.1, 0.15) is 5.56 Å². The van der Waals surface area contributed by atoms with E-state index in [1.165, 1.54) is 5.56 Å². The van der Waals surface area contributed by atoms with Crippen LogP contribution < -0.4 is 5.73 Å². The Hall–Kier alpha value is -1.59. The zero-order chi connectivity index (χ0) is 12.1. The van der Waals surface area contributed by atoms with Crippen molar-refractivity contribution >= 4 is 5.84 Å². The molecule has 0 bridgehead atoms. The first-order valence-electron chi connectivity index (χ1n) is 5.65. The van der Waals surface area contributed by atoms with E-state index >= 15 is 0 Å². The number of oxime groups is 1. The van der Waals surface area contributed by atoms with Crippen LogP contribution in [0.3, 0.4) is 0 Å². The number of nitrogens with zero attached hydrogens (tertiary/aromatic N) is 2. The van der Waals surface area contributed by atoms with Crippen LogP contribution in [0.4, 0.5) is 0 Å². The third-order valence-corrected chi connectivity index (χ3v) is 2.84. The molecule has 3 N–H and O–H groups in total. The van der Waals surface area contributed by atoms with Gasteiger partial charge in [0.1, 0.15) is 6.10 Å². The molecule has 5 heteroatoms. The predicted molar refractivity (Wildman–Crippen MR) is 64.9 cm³/mol. The van der Waals surface area contributed by atoms with Crippen LogP contribution in [0.15, 0.2) is 35.5 Å². The van der Waals surface area contributed by atoms with Gasteiger partial charge in [0.2, 0.25) is 0 Å². The first kappa shape index (κ1) is 11.9. The van der Waals surface area contributed by atoms with Gasteiger partial charge >= 0.3 is 0 Å². The van der Waals surface area contributed by atoms with Gasteiger partial charge in [-0.25, -0.2) is 0 Å². The SMILES string of the molecule is N/C(=N\O)[C@@H]1CN(Cc2ccccc2)CCO1. The van der Waals surface area contributed by atoms with Crippen LogP contribution in [-0.4, -0.2) is 41.7 Å². The maximum Gasteiger partial charge on any atom is 0.169 e. The van der Waals surface area contributed by atoms with Crippen LogP contribution in [0.5, 0.6) is 0 Å². The molecule has 1 aromatic carbocycles. The Bertz CT molecular complexity index is 381. The predicted octanol–water partition coefficient (Wildman–Crippen LogP) is 0.634. The molecule has 0 amide bonds. The highest BCUT2D eigenvalue weighted by Crippen LogP contribution is 2.10. The second kappa shape index (κ2) is 5.65. The fraction of sp³-hybridized carbons (Fsp3) is 0.417. The Morgan fingerprint density at radius 3 is 2.94 bits per heavy atom. The van der Waals surface area contributed by atoms with E-state index in [-0.39, 0.29) is 11.9 Å². The average Bonchev–Trinajstić information content (AvgIpc) is 2.39. The van der Waals surface area contributed by atoms with Gasteiger partial charge in [-0.3, -0.25) is 4.90 Å². The van der Waals surface area contributed by atoms with Crippen LogP contribution in [0.2, 0.25) is 0 Å². The second-order valence-electron chi connectivity index (χ2n) is 4.11. The molecule has 5 nitrogen and oxygen atoms in total. The van der Waals surface area contributed by atoms with Gasteiger partial charge < -0.3 is 15.7 Å². The summed E-state index contributed by atoms with van der Waals surface area (Å²) in [5.41, 5.74) is 6.81. The summed E-state index contributed by atoms with van der Waals surface area (Å²) in [6, 6.07) is 10.2. The van der Waals surface area contributed by atoms with E-state index in [1.54, 1.807) is 0 Å². The zero-order valence-corrected chi connectivity index (χ0v) is 9.62. The van der Waals surface area contributed by atoms with Gasteiger partial charge in [-0.15, -0.1) is 0 Å². The summed E-state index contributed by atoms with van der Waals surface area (Å²) in [6.07, 6.45) is -0.308. The molecule has 0 unspecified atom stereocenters. The lowest BCUT2D eigenvalue weighted by atomic mass is 10.2. The molecule has 92 valence electrons. The van der Waals surface area contributed by atoms with Gasteiger partial charge in [0.05, 0.1) is 6.61 Å². The van der Waals surface area contributed by atoms with Crippen LogP contribution >= 0.6 is 0 Å². The van der Waals surface area contributed by atoms with Crippen molar-refractivity contribution in [2.24, 2.45) is 10.9 Å². The summed E-state index contributed by atoms with van der Waals surface area (Å²) in [7, 11) is 0. The minimum atomic E-state index is -0.308. The third-order valence-electron chi connectivity index (χ3n) is 2.84. The minimum absolute atomic E-state index is 0.141. The molecular weight excluding hydrogens is 218 g/mol. The molecule has 0 radical (unpaired) electrons. The second-order valence-corrected chi connectivity index (χ2v) is 4.11. The van der Waals surface area contributed by atoms with Gasteiger partial charge in [-0.2, -0.15) is 0 Å². The highest BCUT2D eigenvalue weighted by Gasteiger charge is 2.23. The van der Waals surface area contributed by atoms with E-state index in [4.69, 9.17) is 15.7 Å². The maximum atomic E-state index is 8.63. The van der Waals surface area contributed by atoms with E-state index in [1.807, 2.05) is 18.2 Å². The molecule has 1 aliphatic heterocycles. The molecule has 0 aliphatic carbocycles. The van der Waals surface area contributed by atoms with Gasteiger partial charge in [-0.05, 0) is 5.56 Å². The Kier molecular flexibility index (Phi) is 3.95. The molecule has 0 spiro atoms. The monoisotopic (exact) mass is 235 g/mol. The molecule has 1 heterocycles. The summed E-state index contributed by atoms with van der Waals surface area (Å²) in [4.78, 5) is 2.24. The van der Waals surface area contributed by atoms with Crippen molar-refractivity contribution in [2.75, 3.05) is 19.7 Å². The molecule has 1 aromatic rings. The van der Waals surface area contributed by atoms with Crippen molar-refractivity contribution in [2.45, 2.75) is 12.6 Å². The highest BCUT2D eigenvalue weighted by molar-refractivity contribution is 5.84. The molecule has 17 heavy (non-hydrogen) atoms. The van der Waals surface area contributed by atoms with Crippen molar-refractivity contribution in [3.05, 3.63) is 35.9 Å². The van der Waals surface area contributed by atoms with Gasteiger partial charge in [0.25, 0.3) is 0 Å². The summed E-state index contributed by atoms with van der Waals surface area (Å²) in [5.74, 6) is 0.141. The molecule has 1 aliphatic rings. The average molecular weight is 235 g/mol. The topological polar surface area (TPSA) is 71.1 Å². The highest BCUT2D eigenvalue weighted by atomic mass is 16.5. The lowest BCUT2D eigenvalue weighted by Crippen LogP contribution is -2.48. The molecule has 1 fully saturated rings. The Morgan fingerprint density at radius 1 is 1.47 bits per heavy atom. The van der Waals surface area contributed by atoms with Gasteiger partial charge in [-0.1, -0.05) is 35.5 Å². The number of nitrogens with two attached hydrogens (primary N) is 1. The number of morpholine rings is 1. The quantitative estimate of drug-likeness (QED) is 0.349. The van der Waals surface area contributed by atoms with Crippen LogP contribution in [0, 0.1) is 0 Å². The number of hydrogen-bond acceptors (Lipinski definition) is 4. The molecule has 1 saturated heterocycles. The Balaban J connectivity index is 1.94. The van der Waals surface area contributed by atoms with Gasteiger partial charge in [0, 0.05) is 19.6 Å². The Labute approximate surface area is 100 Å². The normalized spacial score (nSPS) is 22.6. The molecule has 1 atom stereocenters. The Morgan fingerprint density at radius 2 is 2.24 bits per heavy atom. The van der Waals surface area contributed by atoms with Gasteiger partial charge in [0.15, 0.2) is 5.84 Å². The van der Waals surface area contributed by atoms with E-state index in [0.29, 0.717) is 13.2 Å². The first-order valence-corrected chi connectivity index (χ1v) is 5.65. The largest absolute Gasteiger partial charge is 0.409 e. The van der Waals surface area contributed by atoms with Crippen LogP contribution in [0.25, 0.3) is 0 Å². The van der Waals surface area contributed by atoms with Crippen molar-refractivity contribution < 1.29 is 9.94 Å². The fourth-order valence-corrected chi connectivity index (χ4v) is 1.93. The number of hydrogen-bond donors (Lipinski definition) is 2. The minimum Gasteiger partial charge on any atom is -0.409 e.